The van der Waals surface area contributed by atoms with Crippen molar-refractivity contribution in [2.45, 2.75) is 30.6 Å². The van der Waals surface area contributed by atoms with Gasteiger partial charge < -0.3 is 18.6 Å². The zero-order chi connectivity index (χ0) is 22.0. The lowest BCUT2D eigenvalue weighted by Gasteiger charge is -2.10. The van der Waals surface area contributed by atoms with Crippen molar-refractivity contribution in [3.63, 3.8) is 0 Å². The first-order valence-corrected chi connectivity index (χ1v) is 11.7. The number of aromatic nitrogens is 1. The van der Waals surface area contributed by atoms with Gasteiger partial charge in [0.05, 0.1) is 25.5 Å². The third-order valence-electron chi connectivity index (χ3n) is 4.48. The number of nitrogens with one attached hydrogen (secondary N) is 1. The first kappa shape index (κ1) is 21.3. The van der Waals surface area contributed by atoms with Crippen LogP contribution in [0, 0.1) is 0 Å². The molecule has 1 aliphatic rings. The Morgan fingerprint density at radius 1 is 1.23 bits per heavy atom. The molecule has 0 aliphatic heterocycles. The highest BCUT2D eigenvalue weighted by molar-refractivity contribution is 7.89. The number of hydrogen-bond acceptors (Lipinski definition) is 9. The molecule has 1 fully saturated rings. The van der Waals surface area contributed by atoms with Crippen LogP contribution in [0.1, 0.15) is 29.1 Å². The van der Waals surface area contributed by atoms with Gasteiger partial charge in [0.15, 0.2) is 11.5 Å². The van der Waals surface area contributed by atoms with Gasteiger partial charge in [-0.15, -0.1) is 11.3 Å². The molecule has 2 aromatic heterocycles. The fourth-order valence-corrected chi connectivity index (χ4v) is 4.88. The second-order valence-electron chi connectivity index (χ2n) is 6.78. The Labute approximate surface area is 183 Å². The third-order valence-corrected chi connectivity index (χ3v) is 6.80. The molecule has 2 heterocycles. The molecule has 0 atom stereocenters. The smallest absolute Gasteiger partial charge is 0.374 e. The molecule has 0 amide bonds. The first-order chi connectivity index (χ1) is 14.9. The van der Waals surface area contributed by atoms with Gasteiger partial charge in [-0.2, -0.15) is 0 Å². The normalized spacial score (nSPS) is 13.7. The van der Waals surface area contributed by atoms with Crippen molar-refractivity contribution in [3.8, 4) is 22.1 Å². The summed E-state index contributed by atoms with van der Waals surface area (Å²) in [5, 5.41) is 2.13. The van der Waals surface area contributed by atoms with Gasteiger partial charge in [-0.25, -0.2) is 22.9 Å². The third kappa shape index (κ3) is 4.73. The largest absolute Gasteiger partial charge is 0.493 e. The maximum Gasteiger partial charge on any atom is 0.374 e. The number of nitrogens with zero attached hydrogens (tertiary/aromatic N) is 1. The van der Waals surface area contributed by atoms with E-state index < -0.39 is 16.0 Å². The van der Waals surface area contributed by atoms with Crippen molar-refractivity contribution in [1.82, 2.24) is 9.71 Å². The van der Waals surface area contributed by atoms with Gasteiger partial charge in [-0.1, -0.05) is 6.07 Å². The van der Waals surface area contributed by atoms with Crippen LogP contribution in [0.4, 0.5) is 0 Å². The van der Waals surface area contributed by atoms with Gasteiger partial charge in [0, 0.05) is 11.4 Å². The lowest BCUT2D eigenvalue weighted by molar-refractivity contribution is 0.0426. The minimum absolute atomic E-state index is 0.0624. The Hall–Kier alpha value is -2.89. The lowest BCUT2D eigenvalue weighted by atomic mass is 10.2. The number of rotatable bonds is 9. The Morgan fingerprint density at radius 2 is 2.03 bits per heavy atom. The Bertz CT molecular complexity index is 1200. The highest BCUT2D eigenvalue weighted by atomic mass is 32.2. The molecule has 0 unspecified atom stereocenters. The van der Waals surface area contributed by atoms with Crippen molar-refractivity contribution in [2.75, 3.05) is 14.2 Å². The number of para-hydroxylation sites is 1. The summed E-state index contributed by atoms with van der Waals surface area (Å²) >= 11 is 1.37. The molecule has 1 aromatic carbocycles. The zero-order valence-electron chi connectivity index (χ0n) is 16.8. The van der Waals surface area contributed by atoms with E-state index in [-0.39, 0.29) is 23.5 Å². The van der Waals surface area contributed by atoms with E-state index in [2.05, 4.69) is 9.71 Å². The molecule has 1 aliphatic carbocycles. The topological polar surface area (TPSA) is 117 Å². The molecule has 1 N–H and O–H groups in total. The van der Waals surface area contributed by atoms with Gasteiger partial charge in [0.2, 0.25) is 10.9 Å². The molecular formula is C20H20N2O7S2. The van der Waals surface area contributed by atoms with Crippen molar-refractivity contribution in [3.05, 3.63) is 47.2 Å². The summed E-state index contributed by atoms with van der Waals surface area (Å²) in [5.41, 5.74) is 1.29. The fraction of sp³-hybridized carbons (Fsp3) is 0.300. The summed E-state index contributed by atoms with van der Waals surface area (Å²) in [4.78, 5) is 16.7. The minimum Gasteiger partial charge on any atom is -0.493 e. The second-order valence-corrected chi connectivity index (χ2v) is 9.28. The zero-order valence-corrected chi connectivity index (χ0v) is 18.4. The lowest BCUT2D eigenvalue weighted by Crippen LogP contribution is -2.25. The number of sulfonamides is 1. The van der Waals surface area contributed by atoms with E-state index in [1.54, 1.807) is 25.7 Å². The van der Waals surface area contributed by atoms with E-state index in [0.717, 1.165) is 18.4 Å². The van der Waals surface area contributed by atoms with E-state index >= 15 is 0 Å². The van der Waals surface area contributed by atoms with Crippen LogP contribution in [0.2, 0.25) is 0 Å². The number of benzene rings is 1. The fourth-order valence-electron chi connectivity index (χ4n) is 2.82. The van der Waals surface area contributed by atoms with Crippen LogP contribution in [0.25, 0.3) is 10.6 Å². The van der Waals surface area contributed by atoms with Crippen LogP contribution in [0.15, 0.2) is 45.2 Å². The van der Waals surface area contributed by atoms with Crippen molar-refractivity contribution in [2.24, 2.45) is 0 Å². The van der Waals surface area contributed by atoms with Crippen LogP contribution >= 0.6 is 11.3 Å². The van der Waals surface area contributed by atoms with Gasteiger partial charge in [0.25, 0.3) is 10.0 Å². The summed E-state index contributed by atoms with van der Waals surface area (Å²) in [5.74, 6) is 0.178. The molecule has 0 bridgehead atoms. The number of ether oxygens (including phenoxy) is 3. The van der Waals surface area contributed by atoms with Crippen molar-refractivity contribution in [1.29, 1.82) is 0 Å². The van der Waals surface area contributed by atoms with Crippen LogP contribution in [0.5, 0.6) is 11.5 Å². The number of esters is 1. The summed E-state index contributed by atoms with van der Waals surface area (Å²) in [7, 11) is -0.665. The Kier molecular flexibility index (Phi) is 5.99. The molecule has 0 saturated heterocycles. The molecule has 164 valence electrons. The van der Waals surface area contributed by atoms with Gasteiger partial charge in [-0.3, -0.25) is 0 Å². The molecule has 0 radical (unpaired) electrons. The maximum absolute atomic E-state index is 12.3. The summed E-state index contributed by atoms with van der Waals surface area (Å²) in [6.45, 7) is -0.0925. The van der Waals surface area contributed by atoms with Crippen LogP contribution in [0.3, 0.4) is 0 Å². The summed E-state index contributed by atoms with van der Waals surface area (Å²) in [6, 6.07) is 7.92. The number of thiazole rings is 1. The molecule has 31 heavy (non-hydrogen) atoms. The minimum atomic E-state index is -3.77. The molecule has 9 nitrogen and oxygen atoms in total. The van der Waals surface area contributed by atoms with Gasteiger partial charge in [-0.05, 0) is 37.1 Å². The molecule has 3 aromatic rings. The van der Waals surface area contributed by atoms with Crippen LogP contribution in [-0.4, -0.2) is 39.6 Å². The Morgan fingerprint density at radius 3 is 2.74 bits per heavy atom. The van der Waals surface area contributed by atoms with E-state index in [9.17, 15) is 13.2 Å². The van der Waals surface area contributed by atoms with Crippen molar-refractivity contribution >= 4 is 27.3 Å². The highest BCUT2D eigenvalue weighted by Crippen LogP contribution is 2.39. The molecule has 4 rings (SSSR count). The number of hydrogen-bond donors (Lipinski definition) is 1. The Balaban J connectivity index is 1.42. The monoisotopic (exact) mass is 464 g/mol. The van der Waals surface area contributed by atoms with Crippen LogP contribution in [-0.2, 0) is 21.4 Å². The first-order valence-electron chi connectivity index (χ1n) is 9.36. The molecular weight excluding hydrogens is 444 g/mol. The van der Waals surface area contributed by atoms with Crippen molar-refractivity contribution < 1.29 is 31.8 Å². The van der Waals surface area contributed by atoms with E-state index in [0.29, 0.717) is 22.2 Å². The average molecular weight is 465 g/mol. The average Bonchev–Trinajstić information content (AvgIpc) is 3.23. The highest BCUT2D eigenvalue weighted by Gasteiger charge is 2.30. The molecule has 11 heteroatoms. The number of carbonyl (C=O) groups excluding carboxylic acids is 1. The van der Waals surface area contributed by atoms with Crippen LogP contribution < -0.4 is 14.2 Å². The molecule has 1 saturated carbocycles. The second kappa shape index (κ2) is 8.69. The predicted octanol–water partition coefficient (Wildman–Crippen LogP) is 3.22. The number of carbonyl (C=O) groups is 1. The standard InChI is InChI=1S/C20H20N2O7S2/c1-26-15-5-3-4-14(18(15)27-2)19-21-13(11-30-19)10-28-20(23)16-8-9-17(29-16)31(24,25)22-12-6-7-12/h3-5,8-9,11-12,22H,6-7,10H2,1-2H3. The predicted molar refractivity (Wildman–Crippen MR) is 112 cm³/mol. The quantitative estimate of drug-likeness (QED) is 0.480. The van der Waals surface area contributed by atoms with E-state index in [1.165, 1.54) is 23.5 Å². The van der Waals surface area contributed by atoms with E-state index in [1.807, 2.05) is 12.1 Å². The van der Waals surface area contributed by atoms with Gasteiger partial charge >= 0.3 is 5.97 Å². The van der Waals surface area contributed by atoms with E-state index in [4.69, 9.17) is 18.6 Å². The molecule has 0 spiro atoms. The SMILES string of the molecule is COc1cccc(-c2nc(COC(=O)c3ccc(S(=O)(=O)NC4CC4)o3)cs2)c1OC. The van der Waals surface area contributed by atoms with Gasteiger partial charge in [0.1, 0.15) is 11.6 Å². The summed E-state index contributed by atoms with van der Waals surface area (Å²) < 4.78 is 47.9. The maximum atomic E-state index is 12.3. The summed E-state index contributed by atoms with van der Waals surface area (Å²) in [6.07, 6.45) is 1.60. The number of methoxy groups -OCH3 is 2. The number of furan rings is 1.